The Morgan fingerprint density at radius 3 is 2.08 bits per heavy atom. The molecule has 2 atom stereocenters. The van der Waals surface area contributed by atoms with E-state index in [-0.39, 0.29) is 29.0 Å². The van der Waals surface area contributed by atoms with Crippen molar-refractivity contribution in [1.82, 2.24) is 19.9 Å². The second-order valence-corrected chi connectivity index (χ2v) is 4.92. The number of aromatic nitrogens is 4. The molecule has 2 rings (SSSR count). The Labute approximate surface area is 150 Å². The molecule has 26 heavy (non-hydrogen) atoms. The molecule has 10 nitrogen and oxygen atoms in total. The molecule has 0 fully saturated rings. The van der Waals surface area contributed by atoms with E-state index in [2.05, 4.69) is 29.6 Å². The molecule has 0 bridgehead atoms. The van der Waals surface area contributed by atoms with Gasteiger partial charge in [-0.3, -0.25) is 0 Å². The van der Waals surface area contributed by atoms with Crippen LogP contribution < -0.4 is 11.5 Å². The maximum atomic E-state index is 9.41. The van der Waals surface area contributed by atoms with Crippen LogP contribution in [-0.4, -0.2) is 36.3 Å². The number of nitrogens with zero attached hydrogens (tertiary/aromatic N) is 6. The van der Waals surface area contributed by atoms with E-state index in [0.29, 0.717) is 5.69 Å². The van der Waals surface area contributed by atoms with Gasteiger partial charge in [-0.15, -0.1) is 9.97 Å². The highest BCUT2D eigenvalue weighted by molar-refractivity contribution is 5.59. The van der Waals surface area contributed by atoms with Gasteiger partial charge in [-0.25, -0.2) is 9.97 Å². The number of allylic oxidation sites excluding steroid dienone is 1. The molecule has 2 aromatic heterocycles. The third-order valence-corrected chi connectivity index (χ3v) is 2.91. The molecule has 134 valence electrons. The molecule has 0 saturated carbocycles. The van der Waals surface area contributed by atoms with Crippen molar-refractivity contribution >= 4 is 29.3 Å². The normalized spacial score (nSPS) is 12.4. The molecule has 0 unspecified atom stereocenters. The minimum atomic E-state index is -1.15. The summed E-state index contributed by atoms with van der Waals surface area (Å²) in [5, 5.41) is 18.5. The predicted octanol–water partition coefficient (Wildman–Crippen LogP) is 1.67. The fourth-order valence-corrected chi connectivity index (χ4v) is 1.61. The molecule has 0 aromatic carbocycles. The molecule has 0 aliphatic carbocycles. The smallest absolute Gasteiger partial charge is 0.312 e. The van der Waals surface area contributed by atoms with Crippen molar-refractivity contribution in [3.8, 4) is 0 Å². The van der Waals surface area contributed by atoms with Gasteiger partial charge in [0.15, 0.2) is 11.4 Å². The summed E-state index contributed by atoms with van der Waals surface area (Å²) < 4.78 is 0. The summed E-state index contributed by atoms with van der Waals surface area (Å²) in [5.41, 5.74) is 11.5. The lowest BCUT2D eigenvalue weighted by molar-refractivity contribution is 0.0277. The molecule has 0 radical (unpaired) electrons. The second-order valence-electron chi connectivity index (χ2n) is 4.92. The van der Waals surface area contributed by atoms with Crippen LogP contribution in [0.15, 0.2) is 18.5 Å². The van der Waals surface area contributed by atoms with Crippen molar-refractivity contribution in [3.63, 3.8) is 0 Å². The number of rotatable bonds is 3. The molecule has 0 amide bonds. The molecule has 0 spiro atoms. The first kappa shape index (κ1) is 20.4. The Kier molecular flexibility index (Phi) is 7.58. The number of aliphatic hydroxyl groups is 2. The molecular formula is C16H18N8O2. The van der Waals surface area contributed by atoms with E-state index in [9.17, 15) is 5.11 Å². The maximum Gasteiger partial charge on any atom is 0.312 e. The number of hydrogen-bond donors (Lipinski definition) is 4. The molecule has 6 N–H and O–H groups in total. The van der Waals surface area contributed by atoms with Crippen LogP contribution in [0.1, 0.15) is 31.3 Å². The number of hydrogen-bond acceptors (Lipinski definition) is 8. The first-order valence-corrected chi connectivity index (χ1v) is 7.32. The van der Waals surface area contributed by atoms with Crippen LogP contribution in [0.25, 0.3) is 15.8 Å². The minimum Gasteiger partial charge on any atom is -0.391 e. The summed E-state index contributed by atoms with van der Waals surface area (Å²) in [5.74, 6) is 0.285. The molecular weight excluding hydrogens is 336 g/mol. The van der Waals surface area contributed by atoms with Crippen molar-refractivity contribution in [1.29, 1.82) is 0 Å². The van der Waals surface area contributed by atoms with E-state index < -0.39 is 12.2 Å². The van der Waals surface area contributed by atoms with E-state index in [1.54, 1.807) is 6.08 Å². The zero-order valence-electron chi connectivity index (χ0n) is 14.2. The standard InChI is InChI=1S/C8H10N4O2.C8H8N4/c1-4(13)6(14)5-3-11-7(9)8(10-2)12-5;1-3-4-6-5-11-7(9)8(10-2)12-6/h3-4,6,13-14H,1H3,(H2,9,11);3-5H,1H3,(H2,9,11)/b;4-3-/t4-,6-;/m0./s1. The van der Waals surface area contributed by atoms with Crippen molar-refractivity contribution in [2.24, 2.45) is 0 Å². The topological polar surface area (TPSA) is 153 Å². The van der Waals surface area contributed by atoms with Crippen LogP contribution in [0.4, 0.5) is 23.3 Å². The lowest BCUT2D eigenvalue weighted by Crippen LogP contribution is -2.15. The fourth-order valence-electron chi connectivity index (χ4n) is 1.61. The van der Waals surface area contributed by atoms with Gasteiger partial charge in [-0.1, -0.05) is 19.2 Å². The number of aliphatic hydroxyl groups excluding tert-OH is 2. The highest BCUT2D eigenvalue weighted by atomic mass is 16.3. The van der Waals surface area contributed by atoms with E-state index in [1.165, 1.54) is 19.3 Å². The van der Waals surface area contributed by atoms with Gasteiger partial charge in [-0.2, -0.15) is 0 Å². The average molecular weight is 354 g/mol. The van der Waals surface area contributed by atoms with Gasteiger partial charge in [0.05, 0.1) is 18.5 Å². The van der Waals surface area contributed by atoms with Gasteiger partial charge < -0.3 is 31.4 Å². The molecule has 2 heterocycles. The zero-order chi connectivity index (χ0) is 19.7. The largest absolute Gasteiger partial charge is 0.391 e. The summed E-state index contributed by atoms with van der Waals surface area (Å²) in [7, 11) is 0. The van der Waals surface area contributed by atoms with E-state index >= 15 is 0 Å². The van der Waals surface area contributed by atoms with E-state index in [4.69, 9.17) is 29.7 Å². The number of nitrogen functional groups attached to an aromatic ring is 2. The Morgan fingerprint density at radius 2 is 1.58 bits per heavy atom. The van der Waals surface area contributed by atoms with Crippen LogP contribution >= 0.6 is 0 Å². The quantitative estimate of drug-likeness (QED) is 0.607. The third kappa shape index (κ3) is 5.49. The summed E-state index contributed by atoms with van der Waals surface area (Å²) in [6.07, 6.45) is 4.25. The van der Waals surface area contributed by atoms with Crippen molar-refractivity contribution in [2.45, 2.75) is 26.1 Å². The van der Waals surface area contributed by atoms with E-state index in [0.717, 1.165) is 0 Å². The highest BCUT2D eigenvalue weighted by Crippen LogP contribution is 2.21. The minimum absolute atomic E-state index is 0.0153. The lowest BCUT2D eigenvalue weighted by atomic mass is 10.2. The van der Waals surface area contributed by atoms with Crippen LogP contribution in [0, 0.1) is 13.1 Å². The summed E-state index contributed by atoms with van der Waals surface area (Å²) in [4.78, 5) is 21.4. The maximum absolute atomic E-state index is 9.41. The average Bonchev–Trinajstić information content (AvgIpc) is 2.63. The first-order chi connectivity index (χ1) is 12.3. The van der Waals surface area contributed by atoms with Crippen LogP contribution in [-0.2, 0) is 0 Å². The van der Waals surface area contributed by atoms with Crippen molar-refractivity contribution in [3.05, 3.63) is 52.7 Å². The van der Waals surface area contributed by atoms with Crippen LogP contribution in [0.3, 0.4) is 0 Å². The third-order valence-electron chi connectivity index (χ3n) is 2.91. The Morgan fingerprint density at radius 1 is 1.04 bits per heavy atom. The second kappa shape index (κ2) is 9.64. The van der Waals surface area contributed by atoms with Gasteiger partial charge in [0, 0.05) is 0 Å². The Balaban J connectivity index is 0.000000263. The Hall–Kier alpha value is -3.60. The monoisotopic (exact) mass is 354 g/mol. The predicted molar refractivity (Wildman–Crippen MR) is 96.8 cm³/mol. The van der Waals surface area contributed by atoms with Gasteiger partial charge >= 0.3 is 11.6 Å². The fraction of sp³-hybridized carbons (Fsp3) is 0.250. The molecule has 0 aliphatic heterocycles. The van der Waals surface area contributed by atoms with Gasteiger partial charge in [-0.05, 0) is 19.9 Å². The van der Waals surface area contributed by atoms with Gasteiger partial charge in [0.25, 0.3) is 0 Å². The number of anilines is 2. The zero-order valence-corrected chi connectivity index (χ0v) is 14.2. The molecule has 0 saturated heterocycles. The van der Waals surface area contributed by atoms with Crippen LogP contribution in [0.5, 0.6) is 0 Å². The van der Waals surface area contributed by atoms with Gasteiger partial charge in [0.2, 0.25) is 0 Å². The number of nitrogens with two attached hydrogens (primary N) is 2. The highest BCUT2D eigenvalue weighted by Gasteiger charge is 2.20. The van der Waals surface area contributed by atoms with Crippen molar-refractivity contribution in [2.75, 3.05) is 11.5 Å². The molecule has 0 aliphatic rings. The summed E-state index contributed by atoms with van der Waals surface area (Å²) in [6, 6.07) is 0. The van der Waals surface area contributed by atoms with Crippen LogP contribution in [0.2, 0.25) is 0 Å². The van der Waals surface area contributed by atoms with E-state index in [1.807, 2.05) is 13.0 Å². The summed E-state index contributed by atoms with van der Waals surface area (Å²) in [6.45, 7) is 16.7. The molecule has 2 aromatic rings. The van der Waals surface area contributed by atoms with Crippen molar-refractivity contribution < 1.29 is 10.2 Å². The van der Waals surface area contributed by atoms with Gasteiger partial charge in [0.1, 0.15) is 17.7 Å². The lowest BCUT2D eigenvalue weighted by Gasteiger charge is -2.09. The Bertz CT molecular complexity index is 868. The first-order valence-electron chi connectivity index (χ1n) is 7.32. The summed E-state index contributed by atoms with van der Waals surface area (Å²) >= 11 is 0. The SMILES string of the molecule is [C-]#[N+]c1nc(/C=C\C)cnc1N.[C-]#[N+]c1nc([C@@H](O)[C@H](C)O)cnc1N. The molecule has 10 heteroatoms.